The molecule has 8 heteroatoms. The highest BCUT2D eigenvalue weighted by atomic mass is 16.5. The number of hydrogen-bond acceptors (Lipinski definition) is 4. The second-order valence-corrected chi connectivity index (χ2v) is 5.96. The summed E-state index contributed by atoms with van der Waals surface area (Å²) in [7, 11) is -0.723. The SMILES string of the molecule is O=C(O)B[C@H](NC(=O)OCC1c2ccccc2-c2ccccc21)C(=O)O. The minimum absolute atomic E-state index is 0.0271. The zero-order chi connectivity index (χ0) is 18.7. The number of benzene rings is 2. The number of carboxylic acids is 1. The Hall–Kier alpha value is -3.29. The third-order valence-electron chi connectivity index (χ3n) is 4.31. The molecule has 7 nitrogen and oxygen atoms in total. The van der Waals surface area contributed by atoms with Gasteiger partial charge in [-0.25, -0.2) is 4.79 Å². The highest BCUT2D eigenvalue weighted by Gasteiger charge is 2.30. The summed E-state index contributed by atoms with van der Waals surface area (Å²) in [6.07, 6.45) is -0.958. The quantitative estimate of drug-likeness (QED) is 0.685. The van der Waals surface area contributed by atoms with Gasteiger partial charge < -0.3 is 20.3 Å². The highest BCUT2D eigenvalue weighted by molar-refractivity contribution is 6.75. The summed E-state index contributed by atoms with van der Waals surface area (Å²) in [6.45, 7) is 0.0271. The molecule has 0 unspecified atom stereocenters. The first-order valence-electron chi connectivity index (χ1n) is 8.03. The molecular formula is C18H16BNO6. The molecule has 2 aromatic rings. The van der Waals surface area contributed by atoms with Crippen LogP contribution in [0.15, 0.2) is 48.5 Å². The molecule has 1 aliphatic rings. The third-order valence-corrected chi connectivity index (χ3v) is 4.31. The zero-order valence-corrected chi connectivity index (χ0v) is 13.7. The van der Waals surface area contributed by atoms with Gasteiger partial charge in [0, 0.05) is 5.92 Å². The largest absolute Gasteiger partial charge is 0.489 e. The number of hydrogen-bond donors (Lipinski definition) is 3. The zero-order valence-electron chi connectivity index (χ0n) is 13.7. The summed E-state index contributed by atoms with van der Waals surface area (Å²) in [5.74, 6) is -4.45. The Morgan fingerprint density at radius 3 is 2.04 bits per heavy atom. The van der Waals surface area contributed by atoms with Crippen LogP contribution in [0.2, 0.25) is 0 Å². The number of rotatable bonds is 6. The summed E-state index contributed by atoms with van der Waals surface area (Å²) >= 11 is 0. The lowest BCUT2D eigenvalue weighted by atomic mass is 9.70. The van der Waals surface area contributed by atoms with Gasteiger partial charge in [0.1, 0.15) is 12.5 Å². The van der Waals surface area contributed by atoms with E-state index < -0.39 is 31.2 Å². The van der Waals surface area contributed by atoms with E-state index in [4.69, 9.17) is 14.9 Å². The minimum atomic E-state index is -1.54. The van der Waals surface area contributed by atoms with Crippen LogP contribution in [0.1, 0.15) is 17.0 Å². The first-order valence-corrected chi connectivity index (χ1v) is 8.03. The second-order valence-electron chi connectivity index (χ2n) is 5.96. The van der Waals surface area contributed by atoms with Crippen LogP contribution in [0.4, 0.5) is 9.59 Å². The molecule has 0 spiro atoms. The maximum atomic E-state index is 11.9. The van der Waals surface area contributed by atoms with Crippen LogP contribution < -0.4 is 5.32 Å². The molecule has 0 bridgehead atoms. The minimum Gasteiger partial charge on any atom is -0.489 e. The van der Waals surface area contributed by atoms with Crippen molar-refractivity contribution in [3.05, 3.63) is 59.7 Å². The van der Waals surface area contributed by atoms with E-state index in [0.717, 1.165) is 22.3 Å². The van der Waals surface area contributed by atoms with E-state index in [1.54, 1.807) is 0 Å². The Bertz CT molecular complexity index is 823. The van der Waals surface area contributed by atoms with Crippen molar-refractivity contribution < 1.29 is 29.3 Å². The molecule has 1 atom stereocenters. The lowest BCUT2D eigenvalue weighted by molar-refractivity contribution is -0.137. The Morgan fingerprint density at radius 1 is 1.00 bits per heavy atom. The smallest absolute Gasteiger partial charge is 0.407 e. The van der Waals surface area contributed by atoms with Crippen molar-refractivity contribution >= 4 is 25.2 Å². The van der Waals surface area contributed by atoms with Crippen LogP contribution >= 0.6 is 0 Å². The molecule has 26 heavy (non-hydrogen) atoms. The molecule has 0 heterocycles. The summed E-state index contributed by atoms with van der Waals surface area (Å²) in [5, 5.41) is 19.8. The molecule has 0 radical (unpaired) electrons. The summed E-state index contributed by atoms with van der Waals surface area (Å²) in [4.78, 5) is 33.6. The monoisotopic (exact) mass is 353 g/mol. The Morgan fingerprint density at radius 2 is 1.54 bits per heavy atom. The number of carbonyl (C=O) groups excluding carboxylic acids is 1. The maximum absolute atomic E-state index is 11.9. The van der Waals surface area contributed by atoms with Crippen molar-refractivity contribution in [3.8, 4) is 11.1 Å². The topological polar surface area (TPSA) is 113 Å². The van der Waals surface area contributed by atoms with Crippen molar-refractivity contribution in [1.82, 2.24) is 5.32 Å². The molecule has 1 aliphatic carbocycles. The molecule has 3 rings (SSSR count). The number of nitrogens with one attached hydrogen (secondary N) is 1. The molecule has 1 amide bonds. The summed E-state index contributed by atoms with van der Waals surface area (Å²) < 4.78 is 5.20. The van der Waals surface area contributed by atoms with Gasteiger partial charge in [0.05, 0.1) is 0 Å². The van der Waals surface area contributed by atoms with Crippen molar-refractivity contribution in [2.75, 3.05) is 6.61 Å². The Kier molecular flexibility index (Phi) is 4.93. The highest BCUT2D eigenvalue weighted by Crippen LogP contribution is 2.44. The number of alkyl carbamates (subject to hydrolysis) is 1. The van der Waals surface area contributed by atoms with Gasteiger partial charge >= 0.3 is 12.1 Å². The number of carbonyl (C=O) groups is 3. The van der Waals surface area contributed by atoms with Gasteiger partial charge in [0.15, 0.2) is 0 Å². The molecule has 3 N–H and O–H groups in total. The normalized spacial score (nSPS) is 13.2. The van der Waals surface area contributed by atoms with E-state index in [2.05, 4.69) is 5.32 Å². The third kappa shape index (κ3) is 3.54. The standard InChI is InChI=1S/C18H16BNO6/c21-16(22)15(19-17(23)24)20-18(25)26-9-14-12-7-3-1-5-10(12)11-6-2-4-8-13(11)14/h1-8,14-15,19H,9H2,(H,20,25)(H,21,22)(H,23,24)/t15-/m1/s1. The molecule has 0 aromatic heterocycles. The van der Waals surface area contributed by atoms with Gasteiger partial charge in [-0.3, -0.25) is 9.59 Å². The van der Waals surface area contributed by atoms with Crippen LogP contribution in [-0.4, -0.2) is 48.0 Å². The van der Waals surface area contributed by atoms with Crippen molar-refractivity contribution in [1.29, 1.82) is 0 Å². The van der Waals surface area contributed by atoms with Gasteiger partial charge in [-0.05, 0) is 22.3 Å². The number of amides is 1. The van der Waals surface area contributed by atoms with Gasteiger partial charge in [-0.15, -0.1) is 0 Å². The van der Waals surface area contributed by atoms with Crippen molar-refractivity contribution in [2.24, 2.45) is 0 Å². The number of ether oxygens (including phenoxy) is 1. The average molecular weight is 353 g/mol. The van der Waals surface area contributed by atoms with E-state index >= 15 is 0 Å². The van der Waals surface area contributed by atoms with Crippen LogP contribution in [0, 0.1) is 0 Å². The Balaban J connectivity index is 1.71. The van der Waals surface area contributed by atoms with E-state index in [-0.39, 0.29) is 12.5 Å². The average Bonchev–Trinajstić information content (AvgIpc) is 2.93. The predicted octanol–water partition coefficient (Wildman–Crippen LogP) is 2.05. The summed E-state index contributed by atoms with van der Waals surface area (Å²) in [5.41, 5.74) is 4.21. The summed E-state index contributed by atoms with van der Waals surface area (Å²) in [6, 6.07) is 15.6. The first-order chi connectivity index (χ1) is 12.5. The van der Waals surface area contributed by atoms with Crippen molar-refractivity contribution in [2.45, 2.75) is 11.9 Å². The van der Waals surface area contributed by atoms with Crippen LogP contribution in [-0.2, 0) is 9.53 Å². The Labute approximate surface area is 149 Å². The number of carboxylic acid groups (broad SMARTS) is 2. The fourth-order valence-electron chi connectivity index (χ4n) is 3.16. The molecule has 0 aliphatic heterocycles. The van der Waals surface area contributed by atoms with E-state index in [0.29, 0.717) is 0 Å². The molecule has 2 aromatic carbocycles. The molecule has 0 fully saturated rings. The van der Waals surface area contributed by atoms with Gasteiger partial charge in [-0.2, -0.15) is 0 Å². The lowest BCUT2D eigenvalue weighted by Gasteiger charge is -2.16. The van der Waals surface area contributed by atoms with Crippen LogP contribution in [0.5, 0.6) is 0 Å². The van der Waals surface area contributed by atoms with E-state index in [9.17, 15) is 14.4 Å². The van der Waals surface area contributed by atoms with Gasteiger partial charge in [-0.1, -0.05) is 48.5 Å². The van der Waals surface area contributed by atoms with Crippen molar-refractivity contribution in [3.63, 3.8) is 0 Å². The molecule has 0 saturated heterocycles. The van der Waals surface area contributed by atoms with E-state index in [1.807, 2.05) is 48.5 Å². The van der Waals surface area contributed by atoms with Gasteiger partial charge in [0.2, 0.25) is 5.87 Å². The fraction of sp³-hybridized carbons (Fsp3) is 0.167. The fourth-order valence-corrected chi connectivity index (χ4v) is 3.16. The molecule has 0 saturated carbocycles. The number of fused-ring (bicyclic) bond motifs is 3. The maximum Gasteiger partial charge on any atom is 0.407 e. The van der Waals surface area contributed by atoms with Crippen LogP contribution in [0.25, 0.3) is 11.1 Å². The van der Waals surface area contributed by atoms with E-state index in [1.165, 1.54) is 0 Å². The molecular weight excluding hydrogens is 337 g/mol. The van der Waals surface area contributed by atoms with Crippen LogP contribution in [0.3, 0.4) is 0 Å². The predicted molar refractivity (Wildman–Crippen MR) is 94.8 cm³/mol. The molecule has 132 valence electrons. The number of aliphatic carboxylic acids is 1. The van der Waals surface area contributed by atoms with Gasteiger partial charge in [0.25, 0.3) is 7.28 Å². The lowest BCUT2D eigenvalue weighted by Crippen LogP contribution is -2.47. The first kappa shape index (κ1) is 17.5. The second kappa shape index (κ2) is 7.31.